The topological polar surface area (TPSA) is 99.4 Å². The van der Waals surface area contributed by atoms with E-state index in [4.69, 9.17) is 4.52 Å². The van der Waals surface area contributed by atoms with E-state index in [0.717, 1.165) is 15.6 Å². The van der Waals surface area contributed by atoms with Gasteiger partial charge in [0.25, 0.3) is 5.91 Å². The van der Waals surface area contributed by atoms with Gasteiger partial charge in [-0.2, -0.15) is 0 Å². The SMILES string of the molecule is CC(c1ccno1)N1C=C(C(=O)NCc2nnc(-c3ccccc3)s2)NN1C. The lowest BCUT2D eigenvalue weighted by molar-refractivity contribution is -0.118. The molecule has 2 aromatic heterocycles. The normalized spacial score (nSPS) is 15.2. The average molecular weight is 397 g/mol. The van der Waals surface area contributed by atoms with Crippen molar-refractivity contribution in [2.24, 2.45) is 0 Å². The van der Waals surface area contributed by atoms with Crippen molar-refractivity contribution in [3.63, 3.8) is 0 Å². The summed E-state index contributed by atoms with van der Waals surface area (Å²) in [5.74, 6) is 0.476. The quantitative estimate of drug-likeness (QED) is 0.652. The Bertz CT molecular complexity index is 971. The Hall–Kier alpha value is -3.24. The maximum atomic E-state index is 12.5. The molecule has 144 valence electrons. The van der Waals surface area contributed by atoms with Crippen LogP contribution in [0.15, 0.2) is 59.0 Å². The van der Waals surface area contributed by atoms with Gasteiger partial charge < -0.3 is 9.84 Å². The minimum atomic E-state index is -0.226. The molecule has 0 saturated carbocycles. The second-order valence-corrected chi connectivity index (χ2v) is 7.26. The Kier molecular flexibility index (Phi) is 5.04. The minimum Gasteiger partial charge on any atom is -0.359 e. The van der Waals surface area contributed by atoms with Gasteiger partial charge in [0.1, 0.15) is 21.8 Å². The van der Waals surface area contributed by atoms with Gasteiger partial charge in [-0.1, -0.05) is 46.8 Å². The van der Waals surface area contributed by atoms with Gasteiger partial charge in [-0.15, -0.1) is 15.3 Å². The first-order chi connectivity index (χ1) is 13.6. The van der Waals surface area contributed by atoms with Crippen molar-refractivity contribution < 1.29 is 9.32 Å². The van der Waals surface area contributed by atoms with Crippen LogP contribution < -0.4 is 10.7 Å². The molecule has 1 aromatic carbocycles. The molecule has 0 radical (unpaired) electrons. The molecular weight excluding hydrogens is 378 g/mol. The lowest BCUT2D eigenvalue weighted by Gasteiger charge is -2.28. The fraction of sp³-hybridized carbons (Fsp3) is 0.222. The predicted octanol–water partition coefficient (Wildman–Crippen LogP) is 2.08. The van der Waals surface area contributed by atoms with Gasteiger partial charge in [0, 0.05) is 24.9 Å². The number of amides is 1. The molecule has 0 saturated heterocycles. The fourth-order valence-corrected chi connectivity index (χ4v) is 3.59. The molecule has 10 heteroatoms. The lowest BCUT2D eigenvalue weighted by atomic mass is 10.2. The second kappa shape index (κ2) is 7.79. The first-order valence-electron chi connectivity index (χ1n) is 8.69. The van der Waals surface area contributed by atoms with E-state index in [-0.39, 0.29) is 11.9 Å². The zero-order valence-corrected chi connectivity index (χ0v) is 16.2. The van der Waals surface area contributed by atoms with Gasteiger partial charge in [-0.05, 0) is 6.92 Å². The molecule has 1 atom stereocenters. The van der Waals surface area contributed by atoms with E-state index in [9.17, 15) is 4.79 Å². The van der Waals surface area contributed by atoms with Crippen molar-refractivity contribution in [1.29, 1.82) is 0 Å². The van der Waals surface area contributed by atoms with E-state index in [1.165, 1.54) is 11.3 Å². The fourth-order valence-electron chi connectivity index (χ4n) is 2.81. The smallest absolute Gasteiger partial charge is 0.270 e. The molecule has 28 heavy (non-hydrogen) atoms. The minimum absolute atomic E-state index is 0.109. The molecule has 0 spiro atoms. The van der Waals surface area contributed by atoms with E-state index in [1.54, 1.807) is 23.6 Å². The Morgan fingerprint density at radius 2 is 2.11 bits per heavy atom. The Morgan fingerprint density at radius 3 is 2.86 bits per heavy atom. The van der Waals surface area contributed by atoms with Gasteiger partial charge in [0.15, 0.2) is 5.76 Å². The summed E-state index contributed by atoms with van der Waals surface area (Å²) in [6.07, 6.45) is 3.33. The van der Waals surface area contributed by atoms with Crippen LogP contribution >= 0.6 is 11.3 Å². The zero-order valence-electron chi connectivity index (χ0n) is 15.4. The van der Waals surface area contributed by atoms with Crippen LogP contribution in [0.4, 0.5) is 0 Å². The summed E-state index contributed by atoms with van der Waals surface area (Å²) < 4.78 is 5.21. The molecule has 0 fully saturated rings. The third-order valence-electron chi connectivity index (χ3n) is 4.29. The molecule has 1 unspecified atom stereocenters. The van der Waals surface area contributed by atoms with Crippen LogP contribution in [0.1, 0.15) is 23.7 Å². The number of hydrazine groups is 2. The number of rotatable bonds is 6. The monoisotopic (exact) mass is 397 g/mol. The summed E-state index contributed by atoms with van der Waals surface area (Å²) in [7, 11) is 1.82. The summed E-state index contributed by atoms with van der Waals surface area (Å²) in [6, 6.07) is 11.5. The van der Waals surface area contributed by atoms with Crippen molar-refractivity contribution in [3.05, 3.63) is 65.3 Å². The number of aromatic nitrogens is 3. The van der Waals surface area contributed by atoms with Crippen molar-refractivity contribution in [3.8, 4) is 10.6 Å². The summed E-state index contributed by atoms with van der Waals surface area (Å²) in [6.45, 7) is 2.27. The first-order valence-corrected chi connectivity index (χ1v) is 9.50. The van der Waals surface area contributed by atoms with Gasteiger partial charge in [-0.25, -0.2) is 0 Å². The molecule has 1 aliphatic heterocycles. The van der Waals surface area contributed by atoms with Crippen molar-refractivity contribution >= 4 is 17.2 Å². The van der Waals surface area contributed by atoms with E-state index in [1.807, 2.05) is 49.3 Å². The Balaban J connectivity index is 1.38. The second-order valence-electron chi connectivity index (χ2n) is 6.20. The van der Waals surface area contributed by atoms with Gasteiger partial charge in [0.2, 0.25) is 0 Å². The molecule has 1 aliphatic rings. The first kappa shape index (κ1) is 18.1. The molecular formula is C18H19N7O2S. The van der Waals surface area contributed by atoms with Crippen molar-refractivity contribution in [1.82, 2.24) is 36.2 Å². The van der Waals surface area contributed by atoms with Crippen LogP contribution in [0, 0.1) is 0 Å². The largest absolute Gasteiger partial charge is 0.359 e. The molecule has 3 aromatic rings. The summed E-state index contributed by atoms with van der Waals surface area (Å²) >= 11 is 1.46. The Morgan fingerprint density at radius 1 is 1.29 bits per heavy atom. The van der Waals surface area contributed by atoms with Crippen molar-refractivity contribution in [2.45, 2.75) is 19.5 Å². The summed E-state index contributed by atoms with van der Waals surface area (Å²) in [5, 5.41) is 20.1. The number of hydrogen-bond donors (Lipinski definition) is 2. The molecule has 0 bridgehead atoms. The van der Waals surface area contributed by atoms with E-state index >= 15 is 0 Å². The van der Waals surface area contributed by atoms with Gasteiger partial charge in [0.05, 0.1) is 12.7 Å². The molecule has 4 rings (SSSR count). The third-order valence-corrected chi connectivity index (χ3v) is 5.26. The maximum Gasteiger partial charge on any atom is 0.270 e. The highest BCUT2D eigenvalue weighted by molar-refractivity contribution is 7.14. The number of nitrogens with one attached hydrogen (secondary N) is 2. The Labute approximate surface area is 165 Å². The number of carbonyl (C=O) groups excluding carboxylic acids is 1. The number of nitrogens with zero attached hydrogens (tertiary/aromatic N) is 5. The summed E-state index contributed by atoms with van der Waals surface area (Å²) in [4.78, 5) is 12.5. The van der Waals surface area contributed by atoms with Crippen LogP contribution in [0.25, 0.3) is 10.6 Å². The van der Waals surface area contributed by atoms with Crippen LogP contribution in [-0.2, 0) is 11.3 Å². The molecule has 0 aliphatic carbocycles. The number of carbonyl (C=O) groups is 1. The van der Waals surface area contributed by atoms with Gasteiger partial charge in [-0.3, -0.25) is 15.2 Å². The maximum absolute atomic E-state index is 12.5. The van der Waals surface area contributed by atoms with Crippen LogP contribution in [-0.4, -0.2) is 38.4 Å². The predicted molar refractivity (Wildman–Crippen MR) is 103 cm³/mol. The highest BCUT2D eigenvalue weighted by Gasteiger charge is 2.28. The molecule has 1 amide bonds. The standard InChI is InChI=1S/C18H19N7O2S/c1-12(15-8-9-20-27-15)25-11-14(23-24(25)2)17(26)19-10-16-21-22-18(28-16)13-6-4-3-5-7-13/h3-9,11-12,23H,10H2,1-2H3,(H,19,26). The van der Waals surface area contributed by atoms with Crippen LogP contribution in [0.5, 0.6) is 0 Å². The average Bonchev–Trinajstić information content (AvgIpc) is 3.47. The van der Waals surface area contributed by atoms with Crippen LogP contribution in [0.2, 0.25) is 0 Å². The van der Waals surface area contributed by atoms with Crippen molar-refractivity contribution in [2.75, 3.05) is 7.05 Å². The lowest BCUT2D eigenvalue weighted by Crippen LogP contribution is -2.41. The van der Waals surface area contributed by atoms with E-state index in [2.05, 4.69) is 26.1 Å². The zero-order chi connectivity index (χ0) is 19.5. The third kappa shape index (κ3) is 3.73. The van der Waals surface area contributed by atoms with Gasteiger partial charge >= 0.3 is 0 Å². The van der Waals surface area contributed by atoms with E-state index < -0.39 is 0 Å². The summed E-state index contributed by atoms with van der Waals surface area (Å²) in [5.41, 5.74) is 4.47. The molecule has 3 heterocycles. The molecule has 2 N–H and O–H groups in total. The molecule has 9 nitrogen and oxygen atoms in total. The van der Waals surface area contributed by atoms with Crippen LogP contribution in [0.3, 0.4) is 0 Å². The van der Waals surface area contributed by atoms with E-state index in [0.29, 0.717) is 18.0 Å². The highest BCUT2D eigenvalue weighted by Crippen LogP contribution is 2.25. The number of hydrogen-bond acceptors (Lipinski definition) is 9. The number of benzene rings is 1. The highest BCUT2D eigenvalue weighted by atomic mass is 32.1.